The fraction of sp³-hybridized carbons (Fsp3) is 0.150. The molecule has 6 nitrogen and oxygen atoms in total. The van der Waals surface area contributed by atoms with Crippen LogP contribution in [0.15, 0.2) is 48.9 Å². The van der Waals surface area contributed by atoms with Gasteiger partial charge >= 0.3 is 0 Å². The van der Waals surface area contributed by atoms with Gasteiger partial charge in [-0.3, -0.25) is 19.9 Å². The predicted octanol–water partition coefficient (Wildman–Crippen LogP) is 1.71. The quantitative estimate of drug-likeness (QED) is 0.694. The summed E-state index contributed by atoms with van der Waals surface area (Å²) in [5, 5.41) is 6.85. The van der Waals surface area contributed by atoms with E-state index in [-0.39, 0.29) is 11.8 Å². The van der Waals surface area contributed by atoms with E-state index in [0.29, 0.717) is 16.7 Å². The lowest BCUT2D eigenvalue weighted by molar-refractivity contribution is -0.122. The van der Waals surface area contributed by atoms with E-state index in [1.807, 2.05) is 18.3 Å². The van der Waals surface area contributed by atoms with Gasteiger partial charge in [0.25, 0.3) is 11.8 Å². The Morgan fingerprint density at radius 3 is 2.77 bits per heavy atom. The maximum atomic E-state index is 12.6. The normalized spacial score (nSPS) is 16.9. The highest BCUT2D eigenvalue weighted by atomic mass is 16.2. The third-order valence-corrected chi connectivity index (χ3v) is 4.98. The summed E-state index contributed by atoms with van der Waals surface area (Å²) in [7, 11) is 0. The topological polar surface area (TPSA) is 76.0 Å². The van der Waals surface area contributed by atoms with E-state index in [2.05, 4.69) is 26.3 Å². The second kappa shape index (κ2) is 5.64. The molecule has 2 aliphatic heterocycles. The van der Waals surface area contributed by atoms with Crippen LogP contribution >= 0.6 is 0 Å². The molecular weight excluding hydrogens is 328 g/mol. The number of amides is 2. The number of carbonyl (C=O) groups excluding carboxylic acids is 2. The van der Waals surface area contributed by atoms with Crippen molar-refractivity contribution in [1.29, 1.82) is 0 Å². The Balaban J connectivity index is 1.83. The summed E-state index contributed by atoms with van der Waals surface area (Å²) in [5.41, 5.74) is 4.58. The van der Waals surface area contributed by atoms with Crippen molar-refractivity contribution >= 4 is 33.9 Å². The summed E-state index contributed by atoms with van der Waals surface area (Å²) in [6.07, 6.45) is 5.26. The average molecular weight is 344 g/mol. The summed E-state index contributed by atoms with van der Waals surface area (Å²) in [5.74, 6) is -0.725. The molecule has 0 spiro atoms. The molecular formula is C20H16N4O2. The Kier molecular flexibility index (Phi) is 3.26. The van der Waals surface area contributed by atoms with Crippen LogP contribution in [-0.2, 0) is 22.7 Å². The second-order valence-electron chi connectivity index (χ2n) is 6.50. The minimum atomic E-state index is -0.371. The Morgan fingerprint density at radius 2 is 1.92 bits per heavy atom. The van der Waals surface area contributed by atoms with E-state index in [1.54, 1.807) is 24.5 Å². The third kappa shape index (κ3) is 2.12. The fourth-order valence-corrected chi connectivity index (χ4v) is 3.88. The molecule has 0 saturated heterocycles. The largest absolute Gasteiger partial charge is 0.345 e. The Morgan fingerprint density at radius 1 is 1.04 bits per heavy atom. The minimum Gasteiger partial charge on any atom is -0.345 e. The maximum absolute atomic E-state index is 12.6. The lowest BCUT2D eigenvalue weighted by atomic mass is 9.96. The van der Waals surface area contributed by atoms with Crippen LogP contribution in [0.3, 0.4) is 0 Å². The standard InChI is InChI=1S/C20H16N4O2/c25-19-16(12-4-2-6-21-9-12)17(20(26)23-19)15-11-24-8-7-22-10-13-3-1-5-14(15)18(13)24/h1-6,9,11,22H,7-8,10H2,(H,23,25,26). The number of imide groups is 1. The number of benzene rings is 1. The summed E-state index contributed by atoms with van der Waals surface area (Å²) in [6.45, 7) is 2.47. The first-order chi connectivity index (χ1) is 12.7. The predicted molar refractivity (Wildman–Crippen MR) is 97.8 cm³/mol. The molecule has 2 amide bonds. The number of nitrogens with one attached hydrogen (secondary N) is 2. The smallest absolute Gasteiger partial charge is 0.259 e. The Labute approximate surface area is 149 Å². The highest BCUT2D eigenvalue weighted by molar-refractivity contribution is 6.50. The summed E-state index contributed by atoms with van der Waals surface area (Å²) >= 11 is 0. The maximum Gasteiger partial charge on any atom is 0.259 e. The molecule has 2 aromatic heterocycles. The Bertz CT molecular complexity index is 1100. The van der Waals surface area contributed by atoms with Gasteiger partial charge in [-0.05, 0) is 11.6 Å². The van der Waals surface area contributed by atoms with Crippen LogP contribution in [0.4, 0.5) is 0 Å². The second-order valence-corrected chi connectivity index (χ2v) is 6.50. The molecule has 4 heterocycles. The van der Waals surface area contributed by atoms with Crippen molar-refractivity contribution in [3.05, 3.63) is 65.6 Å². The van der Waals surface area contributed by atoms with Gasteiger partial charge in [-0.2, -0.15) is 0 Å². The van der Waals surface area contributed by atoms with E-state index in [4.69, 9.17) is 0 Å². The lowest BCUT2D eigenvalue weighted by Gasteiger charge is -2.05. The number of hydrogen-bond acceptors (Lipinski definition) is 4. The molecule has 3 aromatic rings. The molecule has 2 aliphatic rings. The molecule has 0 aliphatic carbocycles. The van der Waals surface area contributed by atoms with E-state index >= 15 is 0 Å². The highest BCUT2D eigenvalue weighted by Crippen LogP contribution is 2.37. The lowest BCUT2D eigenvalue weighted by Crippen LogP contribution is -2.22. The van der Waals surface area contributed by atoms with Gasteiger partial charge in [0, 0.05) is 54.7 Å². The minimum absolute atomic E-state index is 0.353. The SMILES string of the molecule is O=C1NC(=O)C(c2cn3c4c(cccc24)CNCC3)=C1c1cccnc1. The summed E-state index contributed by atoms with van der Waals surface area (Å²) < 4.78 is 2.17. The van der Waals surface area contributed by atoms with E-state index in [0.717, 1.165) is 36.1 Å². The van der Waals surface area contributed by atoms with Crippen LogP contribution in [0, 0.1) is 0 Å². The monoisotopic (exact) mass is 344 g/mol. The molecule has 0 unspecified atom stereocenters. The summed E-state index contributed by atoms with van der Waals surface area (Å²) in [4.78, 5) is 29.2. The molecule has 0 radical (unpaired) electrons. The molecule has 128 valence electrons. The summed E-state index contributed by atoms with van der Waals surface area (Å²) in [6, 6.07) is 9.67. The van der Waals surface area contributed by atoms with Gasteiger partial charge < -0.3 is 9.88 Å². The van der Waals surface area contributed by atoms with E-state index in [1.165, 1.54) is 5.56 Å². The zero-order chi connectivity index (χ0) is 17.7. The first-order valence-electron chi connectivity index (χ1n) is 8.56. The molecule has 6 heteroatoms. The van der Waals surface area contributed by atoms with Gasteiger partial charge in [-0.15, -0.1) is 0 Å². The van der Waals surface area contributed by atoms with Crippen molar-refractivity contribution in [1.82, 2.24) is 20.2 Å². The first-order valence-corrected chi connectivity index (χ1v) is 8.56. The number of nitrogens with zero attached hydrogens (tertiary/aromatic N) is 2. The molecule has 5 rings (SSSR count). The van der Waals surface area contributed by atoms with Crippen molar-refractivity contribution in [2.45, 2.75) is 13.1 Å². The highest BCUT2D eigenvalue weighted by Gasteiger charge is 2.34. The van der Waals surface area contributed by atoms with Crippen LogP contribution in [0.5, 0.6) is 0 Å². The first kappa shape index (κ1) is 15.0. The molecule has 0 fully saturated rings. The van der Waals surface area contributed by atoms with E-state index < -0.39 is 0 Å². The van der Waals surface area contributed by atoms with Crippen LogP contribution in [0.2, 0.25) is 0 Å². The zero-order valence-corrected chi connectivity index (χ0v) is 14.0. The van der Waals surface area contributed by atoms with Gasteiger partial charge in [-0.1, -0.05) is 24.3 Å². The van der Waals surface area contributed by atoms with Crippen molar-refractivity contribution in [3.63, 3.8) is 0 Å². The van der Waals surface area contributed by atoms with Gasteiger partial charge in [0.05, 0.1) is 16.7 Å². The van der Waals surface area contributed by atoms with Crippen molar-refractivity contribution < 1.29 is 9.59 Å². The zero-order valence-electron chi connectivity index (χ0n) is 14.0. The Hall–Kier alpha value is -3.25. The van der Waals surface area contributed by atoms with Gasteiger partial charge in [0.15, 0.2) is 0 Å². The molecule has 0 bridgehead atoms. The number of rotatable bonds is 2. The number of aromatic nitrogens is 2. The fourth-order valence-electron chi connectivity index (χ4n) is 3.88. The van der Waals surface area contributed by atoms with Gasteiger partial charge in [0.1, 0.15) is 0 Å². The van der Waals surface area contributed by atoms with Crippen molar-refractivity contribution in [2.24, 2.45) is 0 Å². The van der Waals surface area contributed by atoms with Crippen LogP contribution in [0.1, 0.15) is 16.7 Å². The van der Waals surface area contributed by atoms with E-state index in [9.17, 15) is 9.59 Å². The van der Waals surface area contributed by atoms with Crippen LogP contribution in [-0.4, -0.2) is 27.9 Å². The number of pyridine rings is 1. The molecule has 26 heavy (non-hydrogen) atoms. The van der Waals surface area contributed by atoms with Crippen LogP contribution < -0.4 is 10.6 Å². The number of hydrogen-bond donors (Lipinski definition) is 2. The van der Waals surface area contributed by atoms with Crippen molar-refractivity contribution in [3.8, 4) is 0 Å². The molecule has 1 aromatic carbocycles. The van der Waals surface area contributed by atoms with Crippen molar-refractivity contribution in [2.75, 3.05) is 6.54 Å². The average Bonchev–Trinajstić information content (AvgIpc) is 3.07. The van der Waals surface area contributed by atoms with Crippen LogP contribution in [0.25, 0.3) is 22.0 Å². The third-order valence-electron chi connectivity index (χ3n) is 4.98. The number of para-hydroxylation sites is 1. The molecule has 0 atom stereocenters. The van der Waals surface area contributed by atoms with Gasteiger partial charge in [-0.25, -0.2) is 0 Å². The van der Waals surface area contributed by atoms with Gasteiger partial charge in [0.2, 0.25) is 0 Å². The number of carbonyl (C=O) groups is 2. The molecule has 0 saturated carbocycles. The molecule has 2 N–H and O–H groups in total.